The van der Waals surface area contributed by atoms with Crippen LogP contribution in [0.4, 0.5) is 38.0 Å². The van der Waals surface area contributed by atoms with Crippen LogP contribution in [0, 0.1) is 0 Å². The topological polar surface area (TPSA) is 89.0 Å². The smallest absolute Gasteiger partial charge is 0.422 e. The molecule has 2 aromatic carbocycles. The first-order chi connectivity index (χ1) is 15.4. The van der Waals surface area contributed by atoms with Crippen LogP contribution in [-0.4, -0.2) is 40.7 Å². The number of aromatic nitrogens is 3. The first-order valence-electron chi connectivity index (χ1n) is 9.17. The first kappa shape index (κ1) is 23.8. The summed E-state index contributed by atoms with van der Waals surface area (Å²) in [7, 11) is 1.41. The van der Waals surface area contributed by atoms with Crippen molar-refractivity contribution in [3.63, 3.8) is 0 Å². The molecule has 0 unspecified atom stereocenters. The molecule has 0 aliphatic carbocycles. The highest BCUT2D eigenvalue weighted by molar-refractivity contribution is 5.95. The van der Waals surface area contributed by atoms with Crippen molar-refractivity contribution in [2.24, 2.45) is 0 Å². The molecule has 2 N–H and O–H groups in total. The van der Waals surface area contributed by atoms with Crippen LogP contribution < -0.4 is 15.4 Å². The van der Waals surface area contributed by atoms with Crippen LogP contribution in [0.5, 0.6) is 6.01 Å². The average molecular weight is 471 g/mol. The number of benzene rings is 2. The van der Waals surface area contributed by atoms with Gasteiger partial charge in [0, 0.05) is 23.9 Å². The van der Waals surface area contributed by atoms with Crippen LogP contribution in [0.2, 0.25) is 0 Å². The van der Waals surface area contributed by atoms with Crippen molar-refractivity contribution in [1.29, 1.82) is 0 Å². The van der Waals surface area contributed by atoms with E-state index in [-0.39, 0.29) is 28.6 Å². The Kier molecular flexibility index (Phi) is 6.70. The van der Waals surface area contributed by atoms with Crippen LogP contribution in [0.15, 0.2) is 48.5 Å². The van der Waals surface area contributed by atoms with E-state index in [4.69, 9.17) is 0 Å². The van der Waals surface area contributed by atoms with Gasteiger partial charge in [-0.1, -0.05) is 18.2 Å². The number of ether oxygens (including phenoxy) is 1. The van der Waals surface area contributed by atoms with Gasteiger partial charge in [0.15, 0.2) is 12.4 Å². The SMILES string of the molecule is CNC(=O)c1cccc(-c2nc(Nc3cccc(C(F)(F)F)c3)nc(OCC(F)(F)F)n2)c1. The van der Waals surface area contributed by atoms with Crippen molar-refractivity contribution < 1.29 is 35.9 Å². The predicted octanol–water partition coefficient (Wildman–Crippen LogP) is 4.60. The van der Waals surface area contributed by atoms with E-state index in [0.717, 1.165) is 18.2 Å². The number of hydrogen-bond acceptors (Lipinski definition) is 6. The average Bonchev–Trinajstić information content (AvgIpc) is 2.76. The Balaban J connectivity index is 2.01. The minimum atomic E-state index is -4.68. The van der Waals surface area contributed by atoms with Gasteiger partial charge in [-0.15, -0.1) is 0 Å². The summed E-state index contributed by atoms with van der Waals surface area (Å²) in [5.74, 6) is -0.953. The molecule has 3 aromatic rings. The Morgan fingerprint density at radius 2 is 1.70 bits per heavy atom. The molecule has 0 bridgehead atoms. The predicted molar refractivity (Wildman–Crippen MR) is 105 cm³/mol. The highest BCUT2D eigenvalue weighted by atomic mass is 19.4. The third-order valence-electron chi connectivity index (χ3n) is 4.04. The maximum Gasteiger partial charge on any atom is 0.422 e. The van der Waals surface area contributed by atoms with Crippen LogP contribution in [0.1, 0.15) is 15.9 Å². The Labute approximate surface area is 182 Å². The first-order valence-corrected chi connectivity index (χ1v) is 9.17. The molecule has 0 atom stereocenters. The molecule has 7 nitrogen and oxygen atoms in total. The number of carbonyl (C=O) groups is 1. The van der Waals surface area contributed by atoms with Gasteiger partial charge in [-0.25, -0.2) is 0 Å². The Bertz CT molecular complexity index is 1150. The summed E-state index contributed by atoms with van der Waals surface area (Å²) in [6, 6.07) is 9.23. The lowest BCUT2D eigenvalue weighted by molar-refractivity contribution is -0.154. The van der Waals surface area contributed by atoms with Crippen molar-refractivity contribution >= 4 is 17.5 Å². The molecule has 33 heavy (non-hydrogen) atoms. The number of alkyl halides is 6. The molecule has 1 aromatic heterocycles. The molecule has 13 heteroatoms. The second kappa shape index (κ2) is 9.30. The van der Waals surface area contributed by atoms with Gasteiger partial charge >= 0.3 is 18.4 Å². The van der Waals surface area contributed by atoms with Crippen molar-refractivity contribution in [3.05, 3.63) is 59.7 Å². The minimum absolute atomic E-state index is 0.0668. The Morgan fingerprint density at radius 1 is 0.970 bits per heavy atom. The van der Waals surface area contributed by atoms with E-state index >= 15 is 0 Å². The van der Waals surface area contributed by atoms with Gasteiger partial charge in [0.1, 0.15) is 0 Å². The Hall–Kier alpha value is -3.90. The van der Waals surface area contributed by atoms with Gasteiger partial charge in [0.2, 0.25) is 5.95 Å². The number of carbonyl (C=O) groups excluding carboxylic acids is 1. The molecule has 3 rings (SSSR count). The van der Waals surface area contributed by atoms with Gasteiger partial charge in [-0.05, 0) is 30.3 Å². The molecular weight excluding hydrogens is 456 g/mol. The maximum atomic E-state index is 13.0. The van der Waals surface area contributed by atoms with E-state index in [9.17, 15) is 31.1 Å². The number of nitrogens with one attached hydrogen (secondary N) is 2. The largest absolute Gasteiger partial charge is 0.454 e. The quantitative estimate of drug-likeness (QED) is 0.511. The lowest BCUT2D eigenvalue weighted by Gasteiger charge is -2.12. The fraction of sp³-hybridized carbons (Fsp3) is 0.200. The van der Waals surface area contributed by atoms with Gasteiger partial charge < -0.3 is 15.4 Å². The second-order valence-electron chi connectivity index (χ2n) is 6.53. The van der Waals surface area contributed by atoms with E-state index in [0.29, 0.717) is 0 Å². The van der Waals surface area contributed by atoms with Crippen molar-refractivity contribution in [2.75, 3.05) is 19.0 Å². The van der Waals surface area contributed by atoms with Gasteiger partial charge in [-0.3, -0.25) is 4.79 Å². The second-order valence-corrected chi connectivity index (χ2v) is 6.53. The van der Waals surface area contributed by atoms with Crippen LogP contribution in [-0.2, 0) is 6.18 Å². The maximum absolute atomic E-state index is 13.0. The molecule has 1 heterocycles. The fourth-order valence-electron chi connectivity index (χ4n) is 2.60. The summed E-state index contributed by atoms with van der Waals surface area (Å²) in [6.45, 7) is -1.70. The van der Waals surface area contributed by atoms with Crippen LogP contribution in [0.25, 0.3) is 11.4 Å². The van der Waals surface area contributed by atoms with Crippen molar-refractivity contribution in [1.82, 2.24) is 20.3 Å². The van der Waals surface area contributed by atoms with E-state index in [2.05, 4.69) is 30.3 Å². The summed E-state index contributed by atoms with van der Waals surface area (Å²) in [5, 5.41) is 4.93. The van der Waals surface area contributed by atoms with E-state index in [1.165, 1.54) is 37.4 Å². The molecule has 174 valence electrons. The van der Waals surface area contributed by atoms with Crippen LogP contribution >= 0.6 is 0 Å². The van der Waals surface area contributed by atoms with Crippen LogP contribution in [0.3, 0.4) is 0 Å². The summed E-state index contributed by atoms with van der Waals surface area (Å²) in [6.07, 6.45) is -9.29. The highest BCUT2D eigenvalue weighted by Gasteiger charge is 2.31. The molecule has 0 radical (unpaired) electrons. The standard InChI is InChI=1S/C20H15F6N5O2/c1-27-16(32)12-5-2-4-11(8-12)15-29-17(31-18(30-15)33-10-19(21,22)23)28-14-7-3-6-13(9-14)20(24,25)26/h2-9H,10H2,1H3,(H,27,32)(H,28,29,30,31). The van der Waals surface area contributed by atoms with E-state index in [1.54, 1.807) is 0 Å². The summed E-state index contributed by atoms with van der Waals surface area (Å²) in [5.41, 5.74) is -0.556. The summed E-state index contributed by atoms with van der Waals surface area (Å²) < 4.78 is 81.3. The molecule has 0 saturated carbocycles. The minimum Gasteiger partial charge on any atom is -0.454 e. The third kappa shape index (κ3) is 6.54. The van der Waals surface area contributed by atoms with E-state index in [1.807, 2.05) is 0 Å². The Morgan fingerprint density at radius 3 is 2.36 bits per heavy atom. The zero-order valence-electron chi connectivity index (χ0n) is 16.8. The van der Waals surface area contributed by atoms with Gasteiger partial charge in [0.05, 0.1) is 5.56 Å². The highest BCUT2D eigenvalue weighted by Crippen LogP contribution is 2.31. The zero-order valence-corrected chi connectivity index (χ0v) is 16.8. The monoisotopic (exact) mass is 471 g/mol. The number of amides is 1. The number of rotatable bonds is 6. The third-order valence-corrected chi connectivity index (χ3v) is 4.04. The molecule has 0 fully saturated rings. The lowest BCUT2D eigenvalue weighted by atomic mass is 10.1. The number of hydrogen-bond donors (Lipinski definition) is 2. The zero-order chi connectivity index (χ0) is 24.2. The molecular formula is C20H15F6N5O2. The summed E-state index contributed by atoms with van der Waals surface area (Å²) >= 11 is 0. The summed E-state index contributed by atoms with van der Waals surface area (Å²) in [4.78, 5) is 23.5. The van der Waals surface area contributed by atoms with Crippen molar-refractivity contribution in [2.45, 2.75) is 12.4 Å². The van der Waals surface area contributed by atoms with Crippen molar-refractivity contribution in [3.8, 4) is 17.4 Å². The van der Waals surface area contributed by atoms with Gasteiger partial charge in [-0.2, -0.15) is 41.3 Å². The van der Waals surface area contributed by atoms with Gasteiger partial charge in [0.25, 0.3) is 5.91 Å². The number of anilines is 2. The number of nitrogens with zero attached hydrogens (tertiary/aromatic N) is 3. The lowest BCUT2D eigenvalue weighted by Crippen LogP contribution is -2.20. The molecule has 0 spiro atoms. The molecule has 0 aliphatic heterocycles. The fourth-order valence-corrected chi connectivity index (χ4v) is 2.60. The number of halogens is 6. The normalized spacial score (nSPS) is 11.7. The molecule has 0 saturated heterocycles. The molecule has 0 aliphatic rings. The molecule has 1 amide bonds. The van der Waals surface area contributed by atoms with E-state index < -0.39 is 36.4 Å².